The molecule has 0 bridgehead atoms. The number of hydrogen-bond acceptors (Lipinski definition) is 3. The SMILES string of the molecule is COc1ccc(F)c(N2CC(C(N)=O)CC2=O)c1. The third kappa shape index (κ3) is 2.13. The van der Waals surface area contributed by atoms with Crippen LogP contribution in [0.2, 0.25) is 0 Å². The van der Waals surface area contributed by atoms with E-state index in [1.807, 2.05) is 0 Å². The first-order valence-corrected chi connectivity index (χ1v) is 5.46. The van der Waals surface area contributed by atoms with Gasteiger partial charge in [0.15, 0.2) is 0 Å². The number of hydrogen-bond donors (Lipinski definition) is 1. The molecule has 2 amide bonds. The number of primary amides is 1. The topological polar surface area (TPSA) is 72.6 Å². The van der Waals surface area contributed by atoms with Crippen molar-refractivity contribution in [2.75, 3.05) is 18.6 Å². The van der Waals surface area contributed by atoms with Crippen molar-refractivity contribution in [3.8, 4) is 5.75 Å². The van der Waals surface area contributed by atoms with E-state index >= 15 is 0 Å². The van der Waals surface area contributed by atoms with Crippen LogP contribution in [0.25, 0.3) is 0 Å². The molecule has 1 aromatic carbocycles. The molecule has 1 fully saturated rings. The zero-order valence-electron chi connectivity index (χ0n) is 9.85. The molecular weight excluding hydrogens is 239 g/mol. The molecule has 1 atom stereocenters. The van der Waals surface area contributed by atoms with Crippen LogP contribution < -0.4 is 15.4 Å². The maximum Gasteiger partial charge on any atom is 0.227 e. The molecule has 1 aliphatic rings. The number of ether oxygens (including phenoxy) is 1. The quantitative estimate of drug-likeness (QED) is 0.859. The zero-order chi connectivity index (χ0) is 13.3. The van der Waals surface area contributed by atoms with Gasteiger partial charge in [-0.05, 0) is 12.1 Å². The summed E-state index contributed by atoms with van der Waals surface area (Å²) in [6, 6.07) is 4.11. The first-order chi connectivity index (χ1) is 8.52. The molecule has 1 heterocycles. The molecule has 6 heteroatoms. The van der Waals surface area contributed by atoms with Gasteiger partial charge >= 0.3 is 0 Å². The maximum absolute atomic E-state index is 13.7. The smallest absolute Gasteiger partial charge is 0.227 e. The Morgan fingerprint density at radius 3 is 2.83 bits per heavy atom. The summed E-state index contributed by atoms with van der Waals surface area (Å²) < 4.78 is 18.7. The molecular formula is C12H13FN2O3. The Labute approximate surface area is 103 Å². The van der Waals surface area contributed by atoms with Crippen molar-refractivity contribution in [3.05, 3.63) is 24.0 Å². The van der Waals surface area contributed by atoms with Crippen LogP contribution in [0.15, 0.2) is 18.2 Å². The Hall–Kier alpha value is -2.11. The summed E-state index contributed by atoms with van der Waals surface area (Å²) in [6.45, 7) is 0.109. The minimum absolute atomic E-state index is 0.0198. The van der Waals surface area contributed by atoms with Crippen LogP contribution in [-0.4, -0.2) is 25.5 Å². The van der Waals surface area contributed by atoms with E-state index in [1.54, 1.807) is 0 Å². The highest BCUT2D eigenvalue weighted by Crippen LogP contribution is 2.30. The van der Waals surface area contributed by atoms with Gasteiger partial charge in [-0.1, -0.05) is 0 Å². The number of halogens is 1. The van der Waals surface area contributed by atoms with Crippen LogP contribution in [0.3, 0.4) is 0 Å². The molecule has 0 aliphatic carbocycles. The van der Waals surface area contributed by atoms with Gasteiger partial charge in [0.05, 0.1) is 18.7 Å². The van der Waals surface area contributed by atoms with Crippen molar-refractivity contribution in [3.63, 3.8) is 0 Å². The molecule has 18 heavy (non-hydrogen) atoms. The molecule has 2 N–H and O–H groups in total. The van der Waals surface area contributed by atoms with Gasteiger partial charge in [-0.2, -0.15) is 0 Å². The molecule has 1 saturated heterocycles. The summed E-state index contributed by atoms with van der Waals surface area (Å²) in [4.78, 5) is 24.0. The normalized spacial score (nSPS) is 19.1. The molecule has 2 rings (SSSR count). The lowest BCUT2D eigenvalue weighted by atomic mass is 10.1. The molecule has 5 nitrogen and oxygen atoms in total. The first-order valence-electron chi connectivity index (χ1n) is 5.46. The predicted molar refractivity (Wildman–Crippen MR) is 62.6 cm³/mol. The fourth-order valence-corrected chi connectivity index (χ4v) is 1.96. The number of anilines is 1. The van der Waals surface area contributed by atoms with E-state index in [2.05, 4.69) is 0 Å². The summed E-state index contributed by atoms with van der Waals surface area (Å²) in [6.07, 6.45) is 0.0198. The van der Waals surface area contributed by atoms with Gasteiger partial charge in [0.25, 0.3) is 0 Å². The number of carbonyl (C=O) groups is 2. The van der Waals surface area contributed by atoms with E-state index in [0.29, 0.717) is 5.75 Å². The van der Waals surface area contributed by atoms with Crippen LogP contribution in [0, 0.1) is 11.7 Å². The molecule has 0 radical (unpaired) electrons. The van der Waals surface area contributed by atoms with Gasteiger partial charge in [0.1, 0.15) is 11.6 Å². The van der Waals surface area contributed by atoms with Crippen LogP contribution in [0.1, 0.15) is 6.42 Å². The van der Waals surface area contributed by atoms with Crippen LogP contribution in [0.5, 0.6) is 5.75 Å². The largest absolute Gasteiger partial charge is 0.497 e. The van der Waals surface area contributed by atoms with E-state index in [4.69, 9.17) is 10.5 Å². The fourth-order valence-electron chi connectivity index (χ4n) is 1.96. The second kappa shape index (κ2) is 4.64. The van der Waals surface area contributed by atoms with Crippen LogP contribution in [0.4, 0.5) is 10.1 Å². The monoisotopic (exact) mass is 252 g/mol. The average Bonchev–Trinajstić information content (AvgIpc) is 2.72. The number of carbonyl (C=O) groups excluding carboxylic acids is 2. The lowest BCUT2D eigenvalue weighted by Gasteiger charge is -2.17. The highest BCUT2D eigenvalue weighted by atomic mass is 19.1. The number of benzene rings is 1. The Balaban J connectivity index is 2.32. The predicted octanol–water partition coefficient (Wildman–Crippen LogP) is 0.672. The van der Waals surface area contributed by atoms with Crippen LogP contribution in [-0.2, 0) is 9.59 Å². The maximum atomic E-state index is 13.7. The lowest BCUT2D eigenvalue weighted by molar-refractivity contribution is -0.123. The fraction of sp³-hybridized carbons (Fsp3) is 0.333. The minimum atomic E-state index is -0.567. The molecule has 0 saturated carbocycles. The van der Waals surface area contributed by atoms with Gasteiger partial charge in [-0.3, -0.25) is 9.59 Å². The van der Waals surface area contributed by atoms with Crippen molar-refractivity contribution >= 4 is 17.5 Å². The van der Waals surface area contributed by atoms with Gasteiger partial charge in [-0.25, -0.2) is 4.39 Å². The van der Waals surface area contributed by atoms with Gasteiger partial charge in [-0.15, -0.1) is 0 Å². The summed E-state index contributed by atoms with van der Waals surface area (Å²) in [7, 11) is 1.45. The van der Waals surface area contributed by atoms with E-state index in [0.717, 1.165) is 0 Å². The van der Waals surface area contributed by atoms with Crippen molar-refractivity contribution in [1.29, 1.82) is 0 Å². The van der Waals surface area contributed by atoms with Gasteiger partial charge in [0, 0.05) is 19.0 Å². The van der Waals surface area contributed by atoms with E-state index < -0.39 is 17.6 Å². The first kappa shape index (κ1) is 12.3. The molecule has 1 unspecified atom stereocenters. The second-order valence-electron chi connectivity index (χ2n) is 4.13. The van der Waals surface area contributed by atoms with Gasteiger partial charge in [0.2, 0.25) is 11.8 Å². The third-order valence-electron chi connectivity index (χ3n) is 2.97. The number of nitrogens with zero attached hydrogens (tertiary/aromatic N) is 1. The van der Waals surface area contributed by atoms with Crippen molar-refractivity contribution in [2.45, 2.75) is 6.42 Å². The zero-order valence-corrected chi connectivity index (χ0v) is 9.85. The van der Waals surface area contributed by atoms with Crippen LogP contribution >= 0.6 is 0 Å². The standard InChI is InChI=1S/C12H13FN2O3/c1-18-8-2-3-9(13)10(5-8)15-6-7(12(14)17)4-11(15)16/h2-3,5,7H,4,6H2,1H3,(H2,14,17). The minimum Gasteiger partial charge on any atom is -0.497 e. The molecule has 96 valence electrons. The van der Waals surface area contributed by atoms with E-state index in [-0.39, 0.29) is 24.6 Å². The third-order valence-corrected chi connectivity index (χ3v) is 2.97. The second-order valence-corrected chi connectivity index (χ2v) is 4.13. The molecule has 0 aromatic heterocycles. The highest BCUT2D eigenvalue weighted by molar-refractivity contribution is 6.00. The number of rotatable bonds is 3. The Morgan fingerprint density at radius 1 is 1.56 bits per heavy atom. The molecule has 1 aromatic rings. The van der Waals surface area contributed by atoms with Crippen molar-refractivity contribution in [1.82, 2.24) is 0 Å². The number of methoxy groups -OCH3 is 1. The summed E-state index contributed by atoms with van der Waals surface area (Å²) >= 11 is 0. The van der Waals surface area contributed by atoms with Crippen molar-refractivity contribution in [2.24, 2.45) is 11.7 Å². The Morgan fingerprint density at radius 2 is 2.28 bits per heavy atom. The Bertz CT molecular complexity index is 504. The lowest BCUT2D eigenvalue weighted by Crippen LogP contribution is -2.29. The molecule has 0 spiro atoms. The van der Waals surface area contributed by atoms with E-state index in [1.165, 1.54) is 30.2 Å². The van der Waals surface area contributed by atoms with Crippen molar-refractivity contribution < 1.29 is 18.7 Å². The number of amides is 2. The highest BCUT2D eigenvalue weighted by Gasteiger charge is 2.35. The summed E-state index contributed by atoms with van der Waals surface area (Å²) in [5.41, 5.74) is 5.27. The summed E-state index contributed by atoms with van der Waals surface area (Å²) in [5.74, 6) is -1.51. The van der Waals surface area contributed by atoms with E-state index in [9.17, 15) is 14.0 Å². The number of nitrogens with two attached hydrogens (primary N) is 1. The Kier molecular flexibility index (Phi) is 3.18. The molecule has 1 aliphatic heterocycles. The van der Waals surface area contributed by atoms with Gasteiger partial charge < -0.3 is 15.4 Å². The summed E-state index contributed by atoms with van der Waals surface area (Å²) in [5, 5.41) is 0. The average molecular weight is 252 g/mol.